The summed E-state index contributed by atoms with van der Waals surface area (Å²) in [6.07, 6.45) is 0.324. The molecule has 68 valence electrons. The van der Waals surface area contributed by atoms with Crippen LogP contribution < -0.4 is 0 Å². The minimum Gasteiger partial charge on any atom is -0.377 e. The van der Waals surface area contributed by atoms with E-state index in [0.29, 0.717) is 0 Å². The first-order chi connectivity index (χ1) is 5.53. The highest BCUT2D eigenvalue weighted by molar-refractivity contribution is 7.86. The van der Waals surface area contributed by atoms with Gasteiger partial charge in [0.15, 0.2) is 0 Å². The van der Waals surface area contributed by atoms with Gasteiger partial charge in [-0.15, -0.1) is 0 Å². The molecule has 1 saturated heterocycles. The Labute approximate surface area is 71.0 Å². The van der Waals surface area contributed by atoms with Crippen LogP contribution in [0.5, 0.6) is 0 Å². The average Bonchev–Trinajstić information content (AvgIpc) is 2.31. The van der Waals surface area contributed by atoms with E-state index in [-0.39, 0.29) is 13.2 Å². The van der Waals surface area contributed by atoms with Gasteiger partial charge < -0.3 is 4.74 Å². The SMILES string of the molecule is CS(=O)(=O)OC1COC[C@H]1C#N. The highest BCUT2D eigenvalue weighted by Gasteiger charge is 2.31. The molecule has 0 N–H and O–H groups in total. The molecule has 6 heteroatoms. The van der Waals surface area contributed by atoms with E-state index in [1.165, 1.54) is 0 Å². The van der Waals surface area contributed by atoms with Gasteiger partial charge in [0.05, 0.1) is 31.5 Å². The second-order valence-corrected chi connectivity index (χ2v) is 4.21. The van der Waals surface area contributed by atoms with Crippen LogP contribution in [-0.2, 0) is 19.0 Å². The van der Waals surface area contributed by atoms with Crippen LogP contribution in [0.4, 0.5) is 0 Å². The van der Waals surface area contributed by atoms with Crippen molar-refractivity contribution in [3.8, 4) is 6.07 Å². The molecule has 1 heterocycles. The van der Waals surface area contributed by atoms with Gasteiger partial charge in [-0.2, -0.15) is 13.7 Å². The molecule has 0 aromatic rings. The zero-order chi connectivity index (χ0) is 9.19. The van der Waals surface area contributed by atoms with Gasteiger partial charge in [0.25, 0.3) is 10.1 Å². The molecule has 5 nitrogen and oxygen atoms in total. The molecule has 0 radical (unpaired) electrons. The maximum Gasteiger partial charge on any atom is 0.264 e. The van der Waals surface area contributed by atoms with Crippen molar-refractivity contribution >= 4 is 10.1 Å². The maximum absolute atomic E-state index is 10.7. The molecule has 0 bridgehead atoms. The number of ether oxygens (including phenoxy) is 1. The largest absolute Gasteiger partial charge is 0.377 e. The molecule has 0 amide bonds. The highest BCUT2D eigenvalue weighted by Crippen LogP contribution is 2.17. The third-order valence-electron chi connectivity index (χ3n) is 1.49. The smallest absolute Gasteiger partial charge is 0.264 e. The maximum atomic E-state index is 10.7. The van der Waals surface area contributed by atoms with Crippen LogP contribution in [0, 0.1) is 17.2 Å². The second kappa shape index (κ2) is 3.39. The lowest BCUT2D eigenvalue weighted by atomic mass is 10.1. The predicted molar refractivity (Wildman–Crippen MR) is 39.6 cm³/mol. The average molecular weight is 191 g/mol. The lowest BCUT2D eigenvalue weighted by Gasteiger charge is -2.09. The standard InChI is InChI=1S/C6H9NO4S/c1-12(8,9)11-6-4-10-3-5(6)2-7/h5-6H,3-4H2,1H3/t5-,6?/m1/s1. The summed E-state index contributed by atoms with van der Waals surface area (Å²) in [6.45, 7) is 0.419. The first-order valence-electron chi connectivity index (χ1n) is 3.38. The van der Waals surface area contributed by atoms with Crippen LogP contribution in [0.2, 0.25) is 0 Å². The molecular weight excluding hydrogens is 182 g/mol. The van der Waals surface area contributed by atoms with Gasteiger partial charge >= 0.3 is 0 Å². The molecule has 1 aliphatic rings. The van der Waals surface area contributed by atoms with Gasteiger partial charge in [-0.3, -0.25) is 4.18 Å². The van der Waals surface area contributed by atoms with Crippen molar-refractivity contribution in [1.82, 2.24) is 0 Å². The number of nitriles is 1. The summed E-state index contributed by atoms with van der Waals surface area (Å²) in [6, 6.07) is 1.92. The summed E-state index contributed by atoms with van der Waals surface area (Å²) >= 11 is 0. The van der Waals surface area contributed by atoms with Gasteiger partial charge in [-0.05, 0) is 0 Å². The molecule has 0 aliphatic carbocycles. The first-order valence-corrected chi connectivity index (χ1v) is 5.20. The Morgan fingerprint density at radius 2 is 2.25 bits per heavy atom. The molecule has 0 spiro atoms. The summed E-state index contributed by atoms with van der Waals surface area (Å²) in [5.41, 5.74) is 0. The molecule has 1 aliphatic heterocycles. The molecule has 1 unspecified atom stereocenters. The summed E-state index contributed by atoms with van der Waals surface area (Å²) in [5, 5.41) is 8.53. The third kappa shape index (κ3) is 2.44. The van der Waals surface area contributed by atoms with E-state index in [9.17, 15) is 8.42 Å². The van der Waals surface area contributed by atoms with Crippen molar-refractivity contribution in [2.24, 2.45) is 5.92 Å². The lowest BCUT2D eigenvalue weighted by molar-refractivity contribution is 0.144. The number of hydrogen-bond acceptors (Lipinski definition) is 5. The van der Waals surface area contributed by atoms with Crippen molar-refractivity contribution < 1.29 is 17.3 Å². The van der Waals surface area contributed by atoms with Crippen molar-refractivity contribution in [2.45, 2.75) is 6.10 Å². The topological polar surface area (TPSA) is 76.4 Å². The fourth-order valence-corrected chi connectivity index (χ4v) is 1.61. The van der Waals surface area contributed by atoms with Crippen LogP contribution in [0.15, 0.2) is 0 Å². The van der Waals surface area contributed by atoms with Gasteiger partial charge in [0, 0.05) is 0 Å². The Morgan fingerprint density at radius 1 is 1.58 bits per heavy atom. The van der Waals surface area contributed by atoms with Gasteiger partial charge in [-0.25, -0.2) is 0 Å². The quantitative estimate of drug-likeness (QED) is 0.550. The van der Waals surface area contributed by atoms with Gasteiger partial charge in [0.1, 0.15) is 6.10 Å². The minimum atomic E-state index is -3.48. The van der Waals surface area contributed by atoms with E-state index in [0.717, 1.165) is 6.26 Å². The Kier molecular flexibility index (Phi) is 2.67. The summed E-state index contributed by atoms with van der Waals surface area (Å²) in [7, 11) is -3.48. The zero-order valence-electron chi connectivity index (χ0n) is 6.56. The Morgan fingerprint density at radius 3 is 2.75 bits per heavy atom. The van der Waals surface area contributed by atoms with Crippen LogP contribution >= 0.6 is 0 Å². The molecule has 1 rings (SSSR count). The Hall–Kier alpha value is -0.640. The van der Waals surface area contributed by atoms with E-state index in [1.807, 2.05) is 6.07 Å². The molecule has 12 heavy (non-hydrogen) atoms. The van der Waals surface area contributed by atoms with E-state index in [2.05, 4.69) is 4.18 Å². The van der Waals surface area contributed by atoms with Crippen molar-refractivity contribution in [3.63, 3.8) is 0 Å². The monoisotopic (exact) mass is 191 g/mol. The van der Waals surface area contributed by atoms with Crippen LogP contribution in [-0.4, -0.2) is 34.0 Å². The summed E-state index contributed by atoms with van der Waals surface area (Å²) < 4.78 is 30.8. The number of nitrogens with zero attached hydrogens (tertiary/aromatic N) is 1. The van der Waals surface area contributed by atoms with E-state index in [1.54, 1.807) is 0 Å². The second-order valence-electron chi connectivity index (χ2n) is 2.61. The fourth-order valence-electron chi connectivity index (χ4n) is 0.974. The first kappa shape index (κ1) is 9.45. The summed E-state index contributed by atoms with van der Waals surface area (Å²) in [4.78, 5) is 0. The van der Waals surface area contributed by atoms with Crippen molar-refractivity contribution in [2.75, 3.05) is 19.5 Å². The highest BCUT2D eigenvalue weighted by atomic mass is 32.2. The Bertz CT molecular complexity index is 291. The minimum absolute atomic E-state index is 0.172. The van der Waals surface area contributed by atoms with Gasteiger partial charge in [0.2, 0.25) is 0 Å². The molecule has 2 atom stereocenters. The van der Waals surface area contributed by atoms with Crippen molar-refractivity contribution in [1.29, 1.82) is 5.26 Å². The van der Waals surface area contributed by atoms with Crippen LogP contribution in [0.1, 0.15) is 0 Å². The molecule has 0 aromatic heterocycles. The molecule has 0 saturated carbocycles. The van der Waals surface area contributed by atoms with E-state index < -0.39 is 22.1 Å². The predicted octanol–water partition coefficient (Wildman–Crippen LogP) is -0.499. The normalized spacial score (nSPS) is 30.0. The number of rotatable bonds is 2. The van der Waals surface area contributed by atoms with Crippen LogP contribution in [0.3, 0.4) is 0 Å². The van der Waals surface area contributed by atoms with Crippen LogP contribution in [0.25, 0.3) is 0 Å². The number of hydrogen-bond donors (Lipinski definition) is 0. The van der Waals surface area contributed by atoms with E-state index >= 15 is 0 Å². The van der Waals surface area contributed by atoms with E-state index in [4.69, 9.17) is 10.00 Å². The zero-order valence-corrected chi connectivity index (χ0v) is 7.37. The fraction of sp³-hybridized carbons (Fsp3) is 0.833. The van der Waals surface area contributed by atoms with Gasteiger partial charge in [-0.1, -0.05) is 0 Å². The Balaban J connectivity index is 2.59. The lowest BCUT2D eigenvalue weighted by Crippen LogP contribution is -2.24. The molecule has 0 aromatic carbocycles. The van der Waals surface area contributed by atoms with Crippen molar-refractivity contribution in [3.05, 3.63) is 0 Å². The molecule has 1 fully saturated rings. The summed E-state index contributed by atoms with van der Waals surface area (Å²) in [5.74, 6) is -0.472. The molecular formula is C6H9NO4S. The third-order valence-corrected chi connectivity index (χ3v) is 2.09.